The van der Waals surface area contributed by atoms with Gasteiger partial charge in [-0.15, -0.1) is 0 Å². The summed E-state index contributed by atoms with van der Waals surface area (Å²) in [4.78, 5) is 12.1. The number of hydrogen-bond donors (Lipinski definition) is 1. The van der Waals surface area contributed by atoms with E-state index < -0.39 is 0 Å². The summed E-state index contributed by atoms with van der Waals surface area (Å²) in [7, 11) is 1.67. The smallest absolute Gasteiger partial charge is 0.242 e. The second-order valence-electron chi connectivity index (χ2n) is 5.82. The average molecular weight is 335 g/mol. The van der Waals surface area contributed by atoms with Crippen molar-refractivity contribution < 1.29 is 9.53 Å². The van der Waals surface area contributed by atoms with Crippen LogP contribution in [-0.2, 0) is 11.3 Å². The number of carbonyl (C=O) groups is 1. The highest BCUT2D eigenvalue weighted by Crippen LogP contribution is 2.30. The van der Waals surface area contributed by atoms with Crippen LogP contribution in [0.15, 0.2) is 67.0 Å². The summed E-state index contributed by atoms with van der Waals surface area (Å²) in [6.45, 7) is 2.19. The van der Waals surface area contributed by atoms with Crippen LogP contribution in [0.5, 0.6) is 5.75 Å². The number of nitrogens with zero attached hydrogens (tertiary/aromatic N) is 2. The molecule has 0 fully saturated rings. The SMILES string of the molecule is COc1ccccc1-c1ccc(C(C)NC(=O)Cn2cccn2)cc1. The molecule has 3 rings (SSSR count). The number of amides is 1. The van der Waals surface area contributed by atoms with Crippen LogP contribution in [-0.4, -0.2) is 22.8 Å². The zero-order valence-electron chi connectivity index (χ0n) is 14.3. The molecule has 0 saturated carbocycles. The van der Waals surface area contributed by atoms with Crippen molar-refractivity contribution >= 4 is 5.91 Å². The maximum atomic E-state index is 12.1. The predicted octanol–water partition coefficient (Wildman–Crippen LogP) is 3.44. The number of nitrogens with one attached hydrogen (secondary N) is 1. The van der Waals surface area contributed by atoms with Gasteiger partial charge in [0.2, 0.25) is 5.91 Å². The normalized spacial score (nSPS) is 11.8. The molecule has 5 heteroatoms. The van der Waals surface area contributed by atoms with Gasteiger partial charge in [-0.05, 0) is 30.2 Å². The molecular formula is C20H21N3O2. The molecule has 0 spiro atoms. The molecule has 1 unspecified atom stereocenters. The number of aromatic nitrogens is 2. The van der Waals surface area contributed by atoms with Crippen molar-refractivity contribution in [3.8, 4) is 16.9 Å². The van der Waals surface area contributed by atoms with Crippen LogP contribution in [0.4, 0.5) is 0 Å². The average Bonchev–Trinajstić information content (AvgIpc) is 3.14. The zero-order chi connectivity index (χ0) is 17.6. The molecule has 128 valence electrons. The fraction of sp³-hybridized carbons (Fsp3) is 0.200. The Balaban J connectivity index is 1.68. The standard InChI is InChI=1S/C20H21N3O2/c1-15(22-20(24)14-23-13-5-12-21-23)16-8-10-17(11-9-16)18-6-3-4-7-19(18)25-2/h3-13,15H,14H2,1-2H3,(H,22,24). The zero-order valence-corrected chi connectivity index (χ0v) is 14.3. The van der Waals surface area contributed by atoms with Gasteiger partial charge >= 0.3 is 0 Å². The Hall–Kier alpha value is -3.08. The summed E-state index contributed by atoms with van der Waals surface area (Å²) in [6, 6.07) is 17.8. The molecule has 1 atom stereocenters. The van der Waals surface area contributed by atoms with Crippen molar-refractivity contribution in [1.29, 1.82) is 0 Å². The number of carbonyl (C=O) groups excluding carboxylic acids is 1. The molecule has 3 aromatic rings. The van der Waals surface area contributed by atoms with Crippen LogP contribution in [0.2, 0.25) is 0 Å². The van der Waals surface area contributed by atoms with E-state index in [1.807, 2.05) is 55.5 Å². The molecule has 0 aliphatic carbocycles. The largest absolute Gasteiger partial charge is 0.496 e. The van der Waals surface area contributed by atoms with Crippen molar-refractivity contribution in [3.63, 3.8) is 0 Å². The van der Waals surface area contributed by atoms with Crippen LogP contribution in [0.1, 0.15) is 18.5 Å². The van der Waals surface area contributed by atoms with E-state index in [0.717, 1.165) is 22.4 Å². The first-order valence-electron chi connectivity index (χ1n) is 8.17. The van der Waals surface area contributed by atoms with E-state index in [2.05, 4.69) is 10.4 Å². The summed E-state index contributed by atoms with van der Waals surface area (Å²) in [5, 5.41) is 7.03. The summed E-state index contributed by atoms with van der Waals surface area (Å²) in [6.07, 6.45) is 3.43. The van der Waals surface area contributed by atoms with Gasteiger partial charge in [0.25, 0.3) is 0 Å². The van der Waals surface area contributed by atoms with Gasteiger partial charge in [-0.3, -0.25) is 9.48 Å². The molecule has 1 aromatic heterocycles. The van der Waals surface area contributed by atoms with E-state index >= 15 is 0 Å². The Morgan fingerprint density at radius 2 is 1.92 bits per heavy atom. The molecule has 0 bridgehead atoms. The fourth-order valence-corrected chi connectivity index (χ4v) is 2.75. The van der Waals surface area contributed by atoms with Crippen LogP contribution in [0.3, 0.4) is 0 Å². The highest BCUT2D eigenvalue weighted by Gasteiger charge is 2.11. The third-order valence-electron chi connectivity index (χ3n) is 4.07. The Morgan fingerprint density at radius 1 is 1.16 bits per heavy atom. The molecule has 0 aliphatic rings. The third-order valence-corrected chi connectivity index (χ3v) is 4.07. The summed E-state index contributed by atoms with van der Waals surface area (Å²) >= 11 is 0. The Labute approximate surface area is 147 Å². The van der Waals surface area contributed by atoms with Gasteiger partial charge in [0.05, 0.1) is 13.2 Å². The van der Waals surface area contributed by atoms with E-state index in [4.69, 9.17) is 4.74 Å². The monoisotopic (exact) mass is 335 g/mol. The number of rotatable bonds is 6. The Morgan fingerprint density at radius 3 is 2.60 bits per heavy atom. The number of para-hydroxylation sites is 1. The lowest BCUT2D eigenvalue weighted by Gasteiger charge is -2.15. The van der Waals surface area contributed by atoms with Crippen LogP contribution in [0.25, 0.3) is 11.1 Å². The van der Waals surface area contributed by atoms with Gasteiger partial charge in [-0.25, -0.2) is 0 Å². The van der Waals surface area contributed by atoms with Gasteiger partial charge < -0.3 is 10.1 Å². The molecule has 0 radical (unpaired) electrons. The van der Waals surface area contributed by atoms with Crippen LogP contribution in [0, 0.1) is 0 Å². The minimum atomic E-state index is -0.0743. The molecule has 1 amide bonds. The quantitative estimate of drug-likeness (QED) is 0.751. The minimum absolute atomic E-state index is 0.0648. The van der Waals surface area contributed by atoms with Crippen molar-refractivity contribution in [2.45, 2.75) is 19.5 Å². The Bertz CT molecular complexity index is 826. The van der Waals surface area contributed by atoms with Crippen LogP contribution < -0.4 is 10.1 Å². The molecule has 0 aliphatic heterocycles. The predicted molar refractivity (Wildman–Crippen MR) is 97.2 cm³/mol. The second kappa shape index (κ2) is 7.66. The topological polar surface area (TPSA) is 56.1 Å². The number of ether oxygens (including phenoxy) is 1. The number of benzene rings is 2. The van der Waals surface area contributed by atoms with Crippen molar-refractivity contribution in [3.05, 3.63) is 72.6 Å². The van der Waals surface area contributed by atoms with E-state index in [1.54, 1.807) is 30.3 Å². The molecule has 0 saturated heterocycles. The van der Waals surface area contributed by atoms with Gasteiger partial charge in [0.1, 0.15) is 12.3 Å². The first-order valence-corrected chi connectivity index (χ1v) is 8.17. The van der Waals surface area contributed by atoms with E-state index in [0.29, 0.717) is 0 Å². The summed E-state index contributed by atoms with van der Waals surface area (Å²) in [5.74, 6) is 0.779. The molecule has 25 heavy (non-hydrogen) atoms. The third kappa shape index (κ3) is 4.07. The van der Waals surface area contributed by atoms with Crippen molar-refractivity contribution in [2.75, 3.05) is 7.11 Å². The highest BCUT2D eigenvalue weighted by atomic mass is 16.5. The number of methoxy groups -OCH3 is 1. The highest BCUT2D eigenvalue weighted by molar-refractivity contribution is 5.76. The molecule has 1 N–H and O–H groups in total. The lowest BCUT2D eigenvalue weighted by atomic mass is 10.0. The lowest BCUT2D eigenvalue weighted by molar-refractivity contribution is -0.122. The Kier molecular flexibility index (Phi) is 5.14. The van der Waals surface area contributed by atoms with E-state index in [9.17, 15) is 4.79 Å². The first kappa shape index (κ1) is 16.8. The van der Waals surface area contributed by atoms with E-state index in [-0.39, 0.29) is 18.5 Å². The van der Waals surface area contributed by atoms with Crippen molar-refractivity contribution in [2.24, 2.45) is 0 Å². The van der Waals surface area contributed by atoms with Gasteiger partial charge in [-0.2, -0.15) is 5.10 Å². The second-order valence-corrected chi connectivity index (χ2v) is 5.82. The van der Waals surface area contributed by atoms with Gasteiger partial charge in [0, 0.05) is 18.0 Å². The molecule has 1 heterocycles. The maximum Gasteiger partial charge on any atom is 0.242 e. The van der Waals surface area contributed by atoms with Crippen molar-refractivity contribution in [1.82, 2.24) is 15.1 Å². The minimum Gasteiger partial charge on any atom is -0.496 e. The fourth-order valence-electron chi connectivity index (χ4n) is 2.75. The summed E-state index contributed by atoms with van der Waals surface area (Å²) in [5.41, 5.74) is 3.18. The summed E-state index contributed by atoms with van der Waals surface area (Å²) < 4.78 is 7.02. The maximum absolute atomic E-state index is 12.1. The van der Waals surface area contributed by atoms with Gasteiger partial charge in [0.15, 0.2) is 0 Å². The molecule has 5 nitrogen and oxygen atoms in total. The lowest BCUT2D eigenvalue weighted by Crippen LogP contribution is -2.30. The first-order chi connectivity index (χ1) is 12.2. The molecular weight excluding hydrogens is 314 g/mol. The number of hydrogen-bond acceptors (Lipinski definition) is 3. The van der Waals surface area contributed by atoms with Gasteiger partial charge in [-0.1, -0.05) is 42.5 Å². The van der Waals surface area contributed by atoms with E-state index in [1.165, 1.54) is 0 Å². The van der Waals surface area contributed by atoms with Crippen LogP contribution >= 0.6 is 0 Å². The molecule has 2 aromatic carbocycles.